The van der Waals surface area contributed by atoms with Crippen LogP contribution in [-0.4, -0.2) is 54.5 Å². The fourth-order valence-corrected chi connectivity index (χ4v) is 4.74. The van der Waals surface area contributed by atoms with Crippen LogP contribution in [0.1, 0.15) is 9.67 Å². The van der Waals surface area contributed by atoms with Gasteiger partial charge in [-0.1, -0.05) is 36.4 Å². The fourth-order valence-electron chi connectivity index (χ4n) is 3.47. The van der Waals surface area contributed by atoms with Crippen molar-refractivity contribution in [2.75, 3.05) is 39.5 Å². The maximum absolute atomic E-state index is 13.5. The maximum Gasteiger partial charge on any atom is 0.265 e. The summed E-state index contributed by atoms with van der Waals surface area (Å²) in [6, 6.07) is 22.6. The number of fused-ring (bicyclic) bond motifs is 1. The minimum absolute atomic E-state index is 0.0708. The Labute approximate surface area is 191 Å². The van der Waals surface area contributed by atoms with Gasteiger partial charge >= 0.3 is 0 Å². The summed E-state index contributed by atoms with van der Waals surface area (Å²) in [5.41, 5.74) is 2.25. The molecule has 4 rings (SSSR count). The third-order valence-electron chi connectivity index (χ3n) is 5.22. The summed E-state index contributed by atoms with van der Waals surface area (Å²) in [5.74, 6) is -0.0708. The third kappa shape index (κ3) is 4.44. The number of nitrogens with one attached hydrogen (secondary N) is 1. The van der Waals surface area contributed by atoms with Crippen LogP contribution < -0.4 is 10.9 Å². The predicted molar refractivity (Wildman–Crippen MR) is 133 cm³/mol. The summed E-state index contributed by atoms with van der Waals surface area (Å²) in [6.07, 6.45) is 0. The zero-order chi connectivity index (χ0) is 22.7. The van der Waals surface area contributed by atoms with Gasteiger partial charge in [-0.25, -0.2) is 0 Å². The number of amides is 1. The van der Waals surface area contributed by atoms with Crippen molar-refractivity contribution in [3.63, 3.8) is 0 Å². The number of likely N-dealkylation sites (N-methyl/N-ethyl adjacent to an activating group) is 2. The average molecular weight is 447 g/mol. The molecule has 2 heterocycles. The van der Waals surface area contributed by atoms with Crippen molar-refractivity contribution in [2.45, 2.75) is 0 Å². The van der Waals surface area contributed by atoms with Gasteiger partial charge in [0.1, 0.15) is 9.71 Å². The minimum atomic E-state index is -0.129. The molecule has 0 fully saturated rings. The Hall–Kier alpha value is -3.42. The second kappa shape index (κ2) is 9.38. The Morgan fingerprint density at radius 3 is 2.22 bits per heavy atom. The SMILES string of the molecule is CN(C)CCN(C)C(=O)c1sc2c(ccc(=O)n2-c2ccccc2)c1Nc1ccccc1. The third-order valence-corrected chi connectivity index (χ3v) is 6.40. The van der Waals surface area contributed by atoms with Crippen LogP contribution in [0.15, 0.2) is 77.6 Å². The van der Waals surface area contributed by atoms with E-state index in [1.165, 1.54) is 11.3 Å². The molecule has 0 saturated heterocycles. The van der Waals surface area contributed by atoms with E-state index in [1.54, 1.807) is 21.6 Å². The van der Waals surface area contributed by atoms with Gasteiger partial charge < -0.3 is 15.1 Å². The molecule has 1 amide bonds. The number of rotatable bonds is 7. The summed E-state index contributed by atoms with van der Waals surface area (Å²) in [5, 5.41) is 4.27. The first kappa shape index (κ1) is 21.8. The molecule has 0 aliphatic heterocycles. The molecule has 0 bridgehead atoms. The van der Waals surface area contributed by atoms with Crippen LogP contribution in [0.25, 0.3) is 15.9 Å². The predicted octanol–water partition coefficient (Wildman–Crippen LogP) is 4.43. The van der Waals surface area contributed by atoms with E-state index in [4.69, 9.17) is 0 Å². The van der Waals surface area contributed by atoms with Gasteiger partial charge in [0.05, 0.1) is 11.4 Å². The van der Waals surface area contributed by atoms with Crippen molar-refractivity contribution in [1.82, 2.24) is 14.4 Å². The van der Waals surface area contributed by atoms with Crippen LogP contribution >= 0.6 is 11.3 Å². The zero-order valence-corrected chi connectivity index (χ0v) is 19.2. The normalized spacial score (nSPS) is 11.1. The van der Waals surface area contributed by atoms with Crippen molar-refractivity contribution in [2.24, 2.45) is 0 Å². The average Bonchev–Trinajstić information content (AvgIpc) is 3.16. The first-order valence-corrected chi connectivity index (χ1v) is 11.2. The Kier molecular flexibility index (Phi) is 6.39. The van der Waals surface area contributed by atoms with Crippen molar-refractivity contribution < 1.29 is 4.79 Å². The topological polar surface area (TPSA) is 57.6 Å². The molecule has 0 aliphatic carbocycles. The van der Waals surface area contributed by atoms with E-state index in [-0.39, 0.29) is 11.5 Å². The number of nitrogens with zero attached hydrogens (tertiary/aromatic N) is 3. The second-order valence-electron chi connectivity index (χ2n) is 7.89. The molecule has 1 N–H and O–H groups in total. The number of anilines is 2. The Morgan fingerprint density at radius 2 is 1.56 bits per heavy atom. The van der Waals surface area contributed by atoms with Gasteiger partial charge in [-0.15, -0.1) is 11.3 Å². The number of thiophene rings is 1. The molecule has 2 aromatic carbocycles. The lowest BCUT2D eigenvalue weighted by atomic mass is 10.2. The molecule has 0 atom stereocenters. The highest BCUT2D eigenvalue weighted by Gasteiger charge is 2.24. The minimum Gasteiger partial charge on any atom is -0.354 e. The van der Waals surface area contributed by atoms with Gasteiger partial charge in [0, 0.05) is 37.3 Å². The number of carbonyl (C=O) groups excluding carboxylic acids is 1. The highest BCUT2D eigenvalue weighted by molar-refractivity contribution is 7.21. The second-order valence-corrected chi connectivity index (χ2v) is 8.89. The molecule has 4 aromatic rings. The van der Waals surface area contributed by atoms with Crippen molar-refractivity contribution in [3.05, 3.63) is 88.0 Å². The largest absolute Gasteiger partial charge is 0.354 e. The van der Waals surface area contributed by atoms with Gasteiger partial charge in [0.2, 0.25) is 0 Å². The maximum atomic E-state index is 13.5. The van der Waals surface area contributed by atoms with Gasteiger partial charge in [-0.05, 0) is 44.4 Å². The monoisotopic (exact) mass is 446 g/mol. The summed E-state index contributed by atoms with van der Waals surface area (Å²) in [4.78, 5) is 31.4. The standard InChI is InChI=1S/C25H26N4O2S/c1-27(2)16-17-28(3)24(31)23-22(26-18-10-6-4-7-11-18)20-14-15-21(30)29(25(20)32-23)19-12-8-5-9-13-19/h4-15,26H,16-17H2,1-3H3. The number of para-hydroxylation sites is 2. The van der Waals surface area contributed by atoms with E-state index in [2.05, 4.69) is 5.32 Å². The van der Waals surface area contributed by atoms with Crippen molar-refractivity contribution in [1.29, 1.82) is 0 Å². The highest BCUT2D eigenvalue weighted by atomic mass is 32.1. The molecule has 0 unspecified atom stereocenters. The van der Waals surface area contributed by atoms with E-state index < -0.39 is 0 Å². The zero-order valence-electron chi connectivity index (χ0n) is 18.4. The van der Waals surface area contributed by atoms with E-state index in [9.17, 15) is 9.59 Å². The van der Waals surface area contributed by atoms with Crippen LogP contribution in [0.5, 0.6) is 0 Å². The molecular formula is C25H26N4O2S. The Balaban J connectivity index is 1.88. The molecule has 2 aromatic heterocycles. The molecule has 164 valence electrons. The van der Waals surface area contributed by atoms with Crippen LogP contribution in [0.3, 0.4) is 0 Å². The molecule has 0 radical (unpaired) electrons. The number of aromatic nitrogens is 1. The van der Waals surface area contributed by atoms with Crippen molar-refractivity contribution >= 4 is 38.8 Å². The number of hydrogen-bond donors (Lipinski definition) is 1. The van der Waals surface area contributed by atoms with Crippen molar-refractivity contribution in [3.8, 4) is 5.69 Å². The summed E-state index contributed by atoms with van der Waals surface area (Å²) in [7, 11) is 5.78. The number of benzene rings is 2. The number of carbonyl (C=O) groups is 1. The molecule has 0 saturated carbocycles. The summed E-state index contributed by atoms with van der Waals surface area (Å²) >= 11 is 1.35. The van der Waals surface area contributed by atoms with Gasteiger partial charge in [-0.2, -0.15) is 0 Å². The molecule has 0 aliphatic rings. The van der Waals surface area contributed by atoms with Crippen LogP contribution in [0.2, 0.25) is 0 Å². The van der Waals surface area contributed by atoms with Crippen LogP contribution in [0, 0.1) is 0 Å². The van der Waals surface area contributed by atoms with Gasteiger partial charge in [0.25, 0.3) is 11.5 Å². The molecule has 7 heteroatoms. The van der Waals surface area contributed by atoms with Gasteiger partial charge in [-0.3, -0.25) is 14.2 Å². The van der Waals surface area contributed by atoms with Crippen LogP contribution in [-0.2, 0) is 0 Å². The smallest absolute Gasteiger partial charge is 0.265 e. The summed E-state index contributed by atoms with van der Waals surface area (Å²) < 4.78 is 1.67. The summed E-state index contributed by atoms with van der Waals surface area (Å²) in [6.45, 7) is 1.37. The van der Waals surface area contributed by atoms with Crippen LogP contribution in [0.4, 0.5) is 11.4 Å². The Morgan fingerprint density at radius 1 is 0.906 bits per heavy atom. The lowest BCUT2D eigenvalue weighted by Crippen LogP contribution is -2.33. The molecule has 32 heavy (non-hydrogen) atoms. The van der Waals surface area contributed by atoms with E-state index in [0.29, 0.717) is 11.4 Å². The Bertz CT molecular complexity index is 1280. The fraction of sp³-hybridized carbons (Fsp3) is 0.200. The van der Waals surface area contributed by atoms with E-state index in [0.717, 1.165) is 33.8 Å². The first-order chi connectivity index (χ1) is 15.5. The quantitative estimate of drug-likeness (QED) is 0.456. The van der Waals surface area contributed by atoms with E-state index >= 15 is 0 Å². The number of pyridine rings is 1. The highest BCUT2D eigenvalue weighted by Crippen LogP contribution is 2.38. The molecular weight excluding hydrogens is 420 g/mol. The molecule has 6 nitrogen and oxygen atoms in total. The first-order valence-electron chi connectivity index (χ1n) is 10.4. The lowest BCUT2D eigenvalue weighted by molar-refractivity contribution is 0.0792. The number of hydrogen-bond acceptors (Lipinski definition) is 5. The lowest BCUT2D eigenvalue weighted by Gasteiger charge is -2.20. The van der Waals surface area contributed by atoms with E-state index in [1.807, 2.05) is 86.7 Å². The van der Waals surface area contributed by atoms with Gasteiger partial charge in [0.15, 0.2) is 0 Å². The molecule has 0 spiro atoms.